The first-order valence-corrected chi connectivity index (χ1v) is 39.8. The van der Waals surface area contributed by atoms with Gasteiger partial charge in [-0.2, -0.15) is 0 Å². The number of benzene rings is 13. The van der Waals surface area contributed by atoms with Crippen LogP contribution in [0.5, 0.6) is 23.0 Å². The van der Waals surface area contributed by atoms with Crippen molar-refractivity contribution in [2.75, 3.05) is 37.5 Å². The van der Waals surface area contributed by atoms with Crippen LogP contribution in [0.1, 0.15) is 112 Å². The summed E-state index contributed by atoms with van der Waals surface area (Å²) in [6.45, 7) is 21.1. The van der Waals surface area contributed by atoms with E-state index < -0.39 is 0 Å². The second-order valence-electron chi connectivity index (χ2n) is 28.0. The van der Waals surface area contributed by atoms with Crippen LogP contribution in [0.3, 0.4) is 0 Å². The molecule has 13 aromatic carbocycles. The van der Waals surface area contributed by atoms with Crippen LogP contribution in [0, 0.1) is 62.3 Å². The summed E-state index contributed by atoms with van der Waals surface area (Å²) in [5.41, 5.74) is 34.7. The fourth-order valence-electron chi connectivity index (χ4n) is 13.1. The topological polar surface area (TPSA) is 125 Å². The highest BCUT2D eigenvalue weighted by molar-refractivity contribution is 9.09. The molecule has 13 rings (SSSR count). The number of hydrogen-bond acceptors (Lipinski definition) is 7. The highest BCUT2D eigenvalue weighted by atomic mass is 79.9. The first-order valence-electron chi connectivity index (χ1n) is 38.7. The van der Waals surface area contributed by atoms with Crippen molar-refractivity contribution in [2.45, 2.75) is 127 Å². The molecule has 13 aromatic rings. The molecule has 111 heavy (non-hydrogen) atoms. The number of aryl methyl sites for hydroxylation is 10. The van der Waals surface area contributed by atoms with Gasteiger partial charge in [-0.3, -0.25) is 0 Å². The quantitative estimate of drug-likeness (QED) is 0.0232. The lowest BCUT2D eigenvalue weighted by atomic mass is 9.92. The number of rotatable bonds is 24. The standard InChI is InChI=1S/C31H32O.C30H30O2.C20H18O.C11H16O.C7H9N.C3H7BrO.ClH/c1-23-19-20-31(32-21-10-9-14-26-13-8-7-12-24(26)2)30(22-23)29-18-11-17-28(25(29)3)27-15-5-4-6-16-27;1-22-18-19-29(32-20-9-8-13-24-12-7-6-11-23(24)2)28(21-22)27-17-10-16-26(30(27)31)25-14-4-3-5-15-25;1-14-11-12-20(21)19(13-14)18-10-6-9-17(15(18)2)16-7-4-3-5-8-16;1-10-6-2-3-7-11(10)8-4-5-9-12;1-6-4-2-3-5-7(6)8;4-2-1-3-5;/h4-8,11-13,15-20,22H,9-10,14,21H2,1-3H3;3-7,10-12,14-19,21,31H,8-9,13,20H2,1-2H3;3-13,21H,1-2H3;2-3,6-7,12H,4-5,8-9H2,1H3;2-5H,8H2,1H3;5H,1-3H2;1H. The second kappa shape index (κ2) is 47.6. The van der Waals surface area contributed by atoms with E-state index >= 15 is 0 Å². The van der Waals surface area contributed by atoms with Gasteiger partial charge in [-0.05, 0) is 258 Å². The zero-order valence-electron chi connectivity index (χ0n) is 66.4. The SMILES string of the molecule is Cc1ccc(O)c(-c2cccc(-c3ccccc3)c2C)c1.Cc1ccc(OCCCCc2ccccc2C)c(-c2cccc(-c3ccccc3)c2C)c1.Cc1ccc(OCCCCc2ccccc2C)c(-c2cccc(-c3ccccc3)c2O)c1.Cc1ccccc1CCCCO.Cc1ccccc1N.Cl.OCCCBr. The fourth-order valence-corrected chi connectivity index (χ4v) is 13.3. The Bertz CT molecular complexity index is 4690. The molecule has 0 aliphatic heterocycles. The average molecular weight is 1560 g/mol. The van der Waals surface area contributed by atoms with E-state index in [0.717, 1.165) is 143 Å². The third-order valence-corrected chi connectivity index (χ3v) is 20.1. The summed E-state index contributed by atoms with van der Waals surface area (Å²) in [4.78, 5) is 0. The molecular formula is C102H113BrClNO6. The molecule has 0 saturated heterocycles. The smallest absolute Gasteiger partial charge is 0.131 e. The Kier molecular flexibility index (Phi) is 37.6. The minimum atomic E-state index is 0. The zero-order chi connectivity index (χ0) is 78.4. The molecule has 0 radical (unpaired) electrons. The summed E-state index contributed by atoms with van der Waals surface area (Å²) in [5, 5.41) is 38.8. The van der Waals surface area contributed by atoms with Crippen LogP contribution in [-0.2, 0) is 19.3 Å². The number of para-hydroxylation sites is 2. The maximum atomic E-state index is 11.1. The molecule has 576 valence electrons. The Morgan fingerprint density at radius 1 is 0.297 bits per heavy atom. The van der Waals surface area contributed by atoms with Crippen molar-refractivity contribution < 1.29 is 29.9 Å². The molecule has 9 heteroatoms. The van der Waals surface area contributed by atoms with E-state index in [4.69, 9.17) is 25.4 Å². The maximum absolute atomic E-state index is 11.1. The summed E-state index contributed by atoms with van der Waals surface area (Å²) in [6, 6.07) is 102. The van der Waals surface area contributed by atoms with Crippen LogP contribution in [0.15, 0.2) is 297 Å². The number of hydrogen-bond donors (Lipinski definition) is 5. The van der Waals surface area contributed by atoms with E-state index in [-0.39, 0.29) is 18.2 Å². The third kappa shape index (κ3) is 27.5. The molecule has 0 heterocycles. The number of anilines is 1. The van der Waals surface area contributed by atoms with E-state index in [1.807, 2.05) is 129 Å². The number of aromatic hydroxyl groups is 2. The minimum absolute atomic E-state index is 0. The van der Waals surface area contributed by atoms with E-state index in [2.05, 4.69) is 240 Å². The van der Waals surface area contributed by atoms with E-state index in [0.29, 0.717) is 25.6 Å². The minimum Gasteiger partial charge on any atom is -0.507 e. The lowest BCUT2D eigenvalue weighted by molar-refractivity contribution is 0.284. The Hall–Kier alpha value is -10.5. The number of phenolic OH excluding ortho intramolecular Hbond substituents is 2. The van der Waals surface area contributed by atoms with Gasteiger partial charge in [-0.25, -0.2) is 0 Å². The molecule has 7 nitrogen and oxygen atoms in total. The van der Waals surface area contributed by atoms with Crippen LogP contribution in [0.4, 0.5) is 5.69 Å². The van der Waals surface area contributed by atoms with E-state index in [1.165, 1.54) is 83.5 Å². The van der Waals surface area contributed by atoms with Crippen molar-refractivity contribution >= 4 is 34.0 Å². The molecule has 0 aromatic heterocycles. The van der Waals surface area contributed by atoms with Gasteiger partial charge in [0.2, 0.25) is 0 Å². The molecule has 0 spiro atoms. The number of nitrogen functional groups attached to an aromatic ring is 1. The van der Waals surface area contributed by atoms with Gasteiger partial charge in [0.15, 0.2) is 0 Å². The molecular weight excluding hydrogens is 1450 g/mol. The van der Waals surface area contributed by atoms with Crippen molar-refractivity contribution in [1.29, 1.82) is 0 Å². The van der Waals surface area contributed by atoms with Gasteiger partial charge < -0.3 is 35.6 Å². The summed E-state index contributed by atoms with van der Waals surface area (Å²) < 4.78 is 12.5. The third-order valence-electron chi connectivity index (χ3n) is 19.6. The summed E-state index contributed by atoms with van der Waals surface area (Å²) in [6.07, 6.45) is 10.4. The molecule has 0 aliphatic rings. The molecule has 0 fully saturated rings. The van der Waals surface area contributed by atoms with E-state index in [9.17, 15) is 10.2 Å². The molecule has 0 atom stereocenters. The number of aliphatic hydroxyl groups is 2. The lowest BCUT2D eigenvalue weighted by Crippen LogP contribution is -2.01. The number of halogens is 2. The lowest BCUT2D eigenvalue weighted by Gasteiger charge is -2.17. The molecule has 0 amide bonds. The van der Waals surface area contributed by atoms with Gasteiger partial charge >= 0.3 is 0 Å². The van der Waals surface area contributed by atoms with Crippen molar-refractivity contribution in [3.63, 3.8) is 0 Å². The maximum Gasteiger partial charge on any atom is 0.131 e. The summed E-state index contributed by atoms with van der Waals surface area (Å²) >= 11 is 3.15. The highest BCUT2D eigenvalue weighted by Gasteiger charge is 2.17. The molecule has 0 unspecified atom stereocenters. The van der Waals surface area contributed by atoms with Crippen LogP contribution in [-0.4, -0.2) is 52.2 Å². The summed E-state index contributed by atoms with van der Waals surface area (Å²) in [7, 11) is 0. The number of aliphatic hydroxyl groups excluding tert-OH is 2. The Morgan fingerprint density at radius 3 is 1.02 bits per heavy atom. The van der Waals surface area contributed by atoms with Crippen molar-refractivity contribution in [3.05, 3.63) is 364 Å². The first kappa shape index (κ1) is 87.8. The monoisotopic (exact) mass is 1560 g/mol. The molecule has 0 saturated carbocycles. The molecule has 6 N–H and O–H groups in total. The first-order chi connectivity index (χ1) is 53.5. The fraction of sp³-hybridized carbons (Fsp3) is 0.235. The highest BCUT2D eigenvalue weighted by Crippen LogP contribution is 2.43. The summed E-state index contributed by atoms with van der Waals surface area (Å²) in [5.74, 6) is 2.40. The Labute approximate surface area is 677 Å². The number of phenols is 2. The zero-order valence-corrected chi connectivity index (χ0v) is 68.8. The van der Waals surface area contributed by atoms with Crippen molar-refractivity contribution in [1.82, 2.24) is 0 Å². The van der Waals surface area contributed by atoms with Gasteiger partial charge in [-0.1, -0.05) is 287 Å². The van der Waals surface area contributed by atoms with Gasteiger partial charge in [0.1, 0.15) is 23.0 Å². The molecule has 0 bridgehead atoms. The van der Waals surface area contributed by atoms with Crippen molar-refractivity contribution in [2.24, 2.45) is 0 Å². The predicted octanol–water partition coefficient (Wildman–Crippen LogP) is 26.5. The van der Waals surface area contributed by atoms with E-state index in [1.54, 1.807) is 6.07 Å². The second-order valence-corrected chi connectivity index (χ2v) is 28.8. The van der Waals surface area contributed by atoms with Gasteiger partial charge in [0, 0.05) is 52.0 Å². The van der Waals surface area contributed by atoms with Crippen LogP contribution in [0.25, 0.3) is 66.8 Å². The van der Waals surface area contributed by atoms with Gasteiger partial charge in [0.05, 0.1) is 13.2 Å². The largest absolute Gasteiger partial charge is 0.507 e. The van der Waals surface area contributed by atoms with Gasteiger partial charge in [0.25, 0.3) is 0 Å². The van der Waals surface area contributed by atoms with Crippen molar-refractivity contribution in [3.8, 4) is 89.8 Å². The number of ether oxygens (including phenoxy) is 2. The number of alkyl halides is 1. The number of nitrogens with two attached hydrogens (primary N) is 1. The number of unbranched alkanes of at least 4 members (excludes halogenated alkanes) is 3. The van der Waals surface area contributed by atoms with Gasteiger partial charge in [-0.15, -0.1) is 12.4 Å². The van der Waals surface area contributed by atoms with Crippen LogP contribution in [0.2, 0.25) is 0 Å². The Balaban J connectivity index is 0.000000202. The van der Waals surface area contributed by atoms with Crippen LogP contribution >= 0.6 is 28.3 Å². The van der Waals surface area contributed by atoms with Crippen LogP contribution < -0.4 is 15.2 Å². The normalized spacial score (nSPS) is 10.4. The average Bonchev–Trinajstić information content (AvgIpc) is 0.807. The predicted molar refractivity (Wildman–Crippen MR) is 478 cm³/mol. The molecule has 0 aliphatic carbocycles. The Morgan fingerprint density at radius 2 is 0.631 bits per heavy atom.